The SMILES string of the molecule is C[C]1[C](C)[C](C)[C](C(C)C)[C]1C.[Cl][Ti+]([Cl])[Cl]. The van der Waals surface area contributed by atoms with Crippen LogP contribution in [0.4, 0.5) is 0 Å². The molecule has 0 aromatic heterocycles. The zero-order valence-corrected chi connectivity index (χ0v) is 14.5. The van der Waals surface area contributed by atoms with Gasteiger partial charge in [0.15, 0.2) is 0 Å². The Kier molecular flexibility index (Phi) is 8.68. The Hall–Kier alpha value is 1.58. The second kappa shape index (κ2) is 7.90. The van der Waals surface area contributed by atoms with Gasteiger partial charge in [-0.3, -0.25) is 0 Å². The Morgan fingerprint density at radius 2 is 1.00 bits per heavy atom. The number of halogens is 3. The normalized spacial score (nSPS) is 21.4. The first kappa shape index (κ1) is 17.6. The van der Waals surface area contributed by atoms with E-state index in [1.54, 1.807) is 5.92 Å². The molecule has 0 saturated heterocycles. The number of hydrogen-bond acceptors (Lipinski definition) is 0. The quantitative estimate of drug-likeness (QED) is 0.546. The molecular formula is C12H19Cl3Ti+. The van der Waals surface area contributed by atoms with Gasteiger partial charge in [-0.15, -0.1) is 0 Å². The second-order valence-electron chi connectivity index (χ2n) is 4.28. The molecule has 0 unspecified atom stereocenters. The van der Waals surface area contributed by atoms with E-state index in [0.717, 1.165) is 0 Å². The summed E-state index contributed by atoms with van der Waals surface area (Å²) in [5.41, 5.74) is 0. The van der Waals surface area contributed by atoms with Crippen molar-refractivity contribution in [2.45, 2.75) is 41.5 Å². The first-order chi connectivity index (χ1) is 7.20. The van der Waals surface area contributed by atoms with E-state index in [0.29, 0.717) is 5.92 Å². The van der Waals surface area contributed by atoms with Crippen molar-refractivity contribution in [2.75, 3.05) is 0 Å². The Bertz CT molecular complexity index is 180. The summed E-state index contributed by atoms with van der Waals surface area (Å²) in [5, 5.41) is 0. The van der Waals surface area contributed by atoms with Gasteiger partial charge in [-0.05, 0) is 35.5 Å². The summed E-state index contributed by atoms with van der Waals surface area (Å²) < 4.78 is 0. The van der Waals surface area contributed by atoms with Crippen LogP contribution >= 0.6 is 27.9 Å². The Morgan fingerprint density at radius 3 is 1.12 bits per heavy atom. The van der Waals surface area contributed by atoms with Crippen molar-refractivity contribution in [3.05, 3.63) is 29.6 Å². The topological polar surface area (TPSA) is 0 Å². The zero-order valence-electron chi connectivity index (χ0n) is 10.7. The summed E-state index contributed by atoms with van der Waals surface area (Å²) in [6.45, 7) is 13.5. The molecule has 0 heterocycles. The Balaban J connectivity index is 0.000000487. The molecule has 0 nitrogen and oxygen atoms in total. The van der Waals surface area contributed by atoms with E-state index in [2.05, 4.69) is 41.5 Å². The minimum absolute atomic E-state index is 0.664. The van der Waals surface area contributed by atoms with Crippen LogP contribution in [0.1, 0.15) is 41.5 Å². The maximum absolute atomic E-state index is 4.97. The molecule has 0 N–H and O–H groups in total. The van der Waals surface area contributed by atoms with E-state index in [4.69, 9.17) is 27.9 Å². The van der Waals surface area contributed by atoms with Crippen molar-refractivity contribution in [1.82, 2.24) is 0 Å². The van der Waals surface area contributed by atoms with Crippen LogP contribution in [-0.2, 0) is 14.7 Å². The summed E-state index contributed by atoms with van der Waals surface area (Å²) in [7, 11) is 14.9. The van der Waals surface area contributed by atoms with E-state index in [-0.39, 0.29) is 0 Å². The van der Waals surface area contributed by atoms with Gasteiger partial charge in [0.25, 0.3) is 0 Å². The number of rotatable bonds is 1. The monoisotopic (exact) mass is 316 g/mol. The molecule has 0 aliphatic heterocycles. The van der Waals surface area contributed by atoms with Crippen molar-refractivity contribution < 1.29 is 14.7 Å². The summed E-state index contributed by atoms with van der Waals surface area (Å²) >= 11 is -1.92. The van der Waals surface area contributed by atoms with E-state index < -0.39 is 14.7 Å². The molecule has 16 heavy (non-hydrogen) atoms. The van der Waals surface area contributed by atoms with Crippen molar-refractivity contribution in [2.24, 2.45) is 5.92 Å². The predicted molar refractivity (Wildman–Crippen MR) is 71.3 cm³/mol. The maximum atomic E-state index is 4.97. The zero-order chi connectivity index (χ0) is 13.0. The molecule has 1 saturated carbocycles. The summed E-state index contributed by atoms with van der Waals surface area (Å²) in [6, 6.07) is 0. The predicted octanol–water partition coefficient (Wildman–Crippen LogP) is 5.67. The third kappa shape index (κ3) is 5.06. The van der Waals surface area contributed by atoms with Gasteiger partial charge < -0.3 is 0 Å². The van der Waals surface area contributed by atoms with Gasteiger partial charge in [-0.1, -0.05) is 41.5 Å². The van der Waals surface area contributed by atoms with Crippen LogP contribution in [0.15, 0.2) is 0 Å². The van der Waals surface area contributed by atoms with Crippen LogP contribution in [0.3, 0.4) is 0 Å². The molecule has 1 rings (SSSR count). The molecule has 0 bridgehead atoms. The van der Waals surface area contributed by atoms with Gasteiger partial charge in [0.2, 0.25) is 0 Å². The van der Waals surface area contributed by atoms with Gasteiger partial charge in [0.05, 0.1) is 0 Å². The first-order valence-electron chi connectivity index (χ1n) is 5.26. The van der Waals surface area contributed by atoms with Crippen molar-refractivity contribution in [3.63, 3.8) is 0 Å². The standard InChI is InChI=1S/C12H19.3ClH.Ti/c1-7(2)12-10(5)8(3)9(4)11(12)6;;;;/h7H,1-6H3;3*1H;/q;;;;+4/p-3. The molecule has 0 aromatic rings. The van der Waals surface area contributed by atoms with Crippen LogP contribution in [0.5, 0.6) is 0 Å². The second-order valence-corrected chi connectivity index (χ2v) is 12.0. The molecule has 0 atom stereocenters. The van der Waals surface area contributed by atoms with Crippen LogP contribution in [0.2, 0.25) is 0 Å². The van der Waals surface area contributed by atoms with Crippen LogP contribution in [0, 0.1) is 35.5 Å². The third-order valence-corrected chi connectivity index (χ3v) is 3.07. The van der Waals surface area contributed by atoms with Gasteiger partial charge >= 0.3 is 42.6 Å². The molecule has 5 radical (unpaired) electrons. The minimum atomic E-state index is -1.92. The van der Waals surface area contributed by atoms with Gasteiger partial charge in [0.1, 0.15) is 0 Å². The molecule has 1 aliphatic carbocycles. The fraction of sp³-hybridized carbons (Fsp3) is 0.583. The molecule has 0 aromatic carbocycles. The molecule has 1 fully saturated rings. The first-order valence-corrected chi connectivity index (χ1v) is 11.7. The Morgan fingerprint density at radius 1 is 0.750 bits per heavy atom. The van der Waals surface area contributed by atoms with Crippen LogP contribution < -0.4 is 0 Å². The van der Waals surface area contributed by atoms with Gasteiger partial charge in [-0.25, -0.2) is 0 Å². The van der Waals surface area contributed by atoms with Crippen LogP contribution in [-0.4, -0.2) is 0 Å². The summed E-state index contributed by atoms with van der Waals surface area (Å²) in [6.07, 6.45) is 0. The average Bonchev–Trinajstić information content (AvgIpc) is 2.30. The van der Waals surface area contributed by atoms with E-state index in [9.17, 15) is 0 Å². The molecular weight excluding hydrogens is 298 g/mol. The summed E-state index contributed by atoms with van der Waals surface area (Å²) in [4.78, 5) is 0. The third-order valence-electron chi connectivity index (χ3n) is 3.07. The van der Waals surface area contributed by atoms with Crippen molar-refractivity contribution >= 4 is 27.9 Å². The molecule has 0 spiro atoms. The summed E-state index contributed by atoms with van der Waals surface area (Å²) in [5.74, 6) is 8.19. The van der Waals surface area contributed by atoms with Gasteiger partial charge in [-0.2, -0.15) is 0 Å². The fourth-order valence-corrected chi connectivity index (χ4v) is 2.11. The number of hydrogen-bond donors (Lipinski definition) is 0. The molecule has 1 aliphatic rings. The van der Waals surface area contributed by atoms with E-state index in [1.807, 2.05) is 0 Å². The Labute approximate surface area is 119 Å². The molecule has 0 amide bonds. The van der Waals surface area contributed by atoms with Crippen LogP contribution in [0.25, 0.3) is 0 Å². The molecule has 4 heteroatoms. The van der Waals surface area contributed by atoms with E-state index >= 15 is 0 Å². The van der Waals surface area contributed by atoms with Crippen molar-refractivity contribution in [1.29, 1.82) is 0 Å². The van der Waals surface area contributed by atoms with E-state index in [1.165, 1.54) is 23.7 Å². The van der Waals surface area contributed by atoms with Gasteiger partial charge in [0, 0.05) is 0 Å². The average molecular weight is 318 g/mol. The van der Waals surface area contributed by atoms with Crippen molar-refractivity contribution in [3.8, 4) is 0 Å². The fourth-order valence-electron chi connectivity index (χ4n) is 2.11. The molecule has 91 valence electrons.